The van der Waals surface area contributed by atoms with E-state index in [0.29, 0.717) is 26.8 Å². The summed E-state index contributed by atoms with van der Waals surface area (Å²) in [6, 6.07) is 20.7. The van der Waals surface area contributed by atoms with Crippen molar-refractivity contribution in [1.82, 2.24) is 10.3 Å². The van der Waals surface area contributed by atoms with E-state index < -0.39 is 0 Å². The second-order valence-corrected chi connectivity index (χ2v) is 9.59. The fourth-order valence-electron chi connectivity index (χ4n) is 4.30. The Hall–Kier alpha value is -3.60. The molecule has 0 saturated carbocycles. The van der Waals surface area contributed by atoms with Gasteiger partial charge in [-0.1, -0.05) is 6.07 Å². The molecule has 2 atom stereocenters. The van der Waals surface area contributed by atoms with Crippen molar-refractivity contribution in [2.45, 2.75) is 12.1 Å². The SMILES string of the molecule is COCC(=O)Nc1ccc(N2C(=S)NC(c3ccccn3)C2c2ccc(-c3ccc(F)cc3Br)o2)cc1. The summed E-state index contributed by atoms with van der Waals surface area (Å²) in [6.45, 7) is -0.0271. The first-order chi connectivity index (χ1) is 17.9. The van der Waals surface area contributed by atoms with Crippen molar-refractivity contribution in [2.75, 3.05) is 23.9 Å². The van der Waals surface area contributed by atoms with E-state index in [1.165, 1.54) is 19.2 Å². The zero-order chi connectivity index (χ0) is 25.9. The van der Waals surface area contributed by atoms with E-state index in [9.17, 15) is 9.18 Å². The van der Waals surface area contributed by atoms with E-state index in [0.717, 1.165) is 16.9 Å². The van der Waals surface area contributed by atoms with Crippen LogP contribution < -0.4 is 15.5 Å². The van der Waals surface area contributed by atoms with Gasteiger partial charge in [0.15, 0.2) is 5.11 Å². The molecule has 1 amide bonds. The van der Waals surface area contributed by atoms with Gasteiger partial charge in [-0.05, 0) is 94.9 Å². The highest BCUT2D eigenvalue weighted by Gasteiger charge is 2.42. The molecule has 37 heavy (non-hydrogen) atoms. The largest absolute Gasteiger partial charge is 0.459 e. The number of methoxy groups -OCH3 is 1. The van der Waals surface area contributed by atoms with Crippen LogP contribution in [0.1, 0.15) is 23.5 Å². The van der Waals surface area contributed by atoms with E-state index >= 15 is 0 Å². The van der Waals surface area contributed by atoms with Crippen LogP contribution in [0, 0.1) is 5.82 Å². The number of ether oxygens (including phenoxy) is 1. The minimum absolute atomic E-state index is 0.0271. The predicted molar refractivity (Wildman–Crippen MR) is 147 cm³/mol. The minimum atomic E-state index is -0.357. The molecule has 1 aliphatic rings. The average Bonchev–Trinajstić information content (AvgIpc) is 3.50. The van der Waals surface area contributed by atoms with Gasteiger partial charge >= 0.3 is 0 Å². The van der Waals surface area contributed by atoms with Crippen LogP contribution in [0.4, 0.5) is 15.8 Å². The van der Waals surface area contributed by atoms with Gasteiger partial charge < -0.3 is 24.7 Å². The molecule has 7 nitrogen and oxygen atoms in total. The van der Waals surface area contributed by atoms with Crippen molar-refractivity contribution in [3.8, 4) is 11.3 Å². The van der Waals surface area contributed by atoms with Gasteiger partial charge in [0.25, 0.3) is 0 Å². The Bertz CT molecular complexity index is 1430. The molecular weight excluding hydrogens is 559 g/mol. The first-order valence-electron chi connectivity index (χ1n) is 11.4. The Balaban J connectivity index is 1.52. The number of halogens is 2. The normalized spacial score (nSPS) is 17.1. The maximum atomic E-state index is 13.6. The number of pyridine rings is 1. The smallest absolute Gasteiger partial charge is 0.250 e. The number of hydrogen-bond acceptors (Lipinski definition) is 5. The summed E-state index contributed by atoms with van der Waals surface area (Å²) in [7, 11) is 1.47. The summed E-state index contributed by atoms with van der Waals surface area (Å²) in [4.78, 5) is 18.4. The van der Waals surface area contributed by atoms with Crippen LogP contribution in [0.5, 0.6) is 0 Å². The number of hydrogen-bond donors (Lipinski definition) is 2. The molecule has 2 aromatic carbocycles. The summed E-state index contributed by atoms with van der Waals surface area (Å²) in [5, 5.41) is 6.69. The predicted octanol–water partition coefficient (Wildman–Crippen LogP) is 6.01. The number of thiocarbonyl (C=S) groups is 1. The number of rotatable bonds is 7. The summed E-state index contributed by atoms with van der Waals surface area (Å²) >= 11 is 9.18. The van der Waals surface area contributed by atoms with Crippen molar-refractivity contribution in [3.63, 3.8) is 0 Å². The number of carbonyl (C=O) groups excluding carboxylic acids is 1. The third-order valence-corrected chi connectivity index (χ3v) is 6.89. The highest BCUT2D eigenvalue weighted by Crippen LogP contribution is 2.43. The monoisotopic (exact) mass is 580 g/mol. The third kappa shape index (κ3) is 5.27. The maximum Gasteiger partial charge on any atom is 0.250 e. The summed E-state index contributed by atoms with van der Waals surface area (Å²) < 4.78 is 25.5. The molecule has 2 unspecified atom stereocenters. The Morgan fingerprint density at radius 3 is 2.70 bits per heavy atom. The van der Waals surface area contributed by atoms with Gasteiger partial charge in [-0.25, -0.2) is 4.39 Å². The molecule has 10 heteroatoms. The van der Waals surface area contributed by atoms with Crippen LogP contribution in [-0.2, 0) is 9.53 Å². The molecular formula is C27H22BrFN4O3S. The van der Waals surface area contributed by atoms with E-state index in [1.54, 1.807) is 24.4 Å². The number of carbonyl (C=O) groups is 1. The van der Waals surface area contributed by atoms with Crippen LogP contribution >= 0.6 is 28.1 Å². The molecule has 1 fully saturated rings. The van der Waals surface area contributed by atoms with Crippen molar-refractivity contribution in [2.24, 2.45) is 0 Å². The van der Waals surface area contributed by atoms with Crippen molar-refractivity contribution < 1.29 is 18.3 Å². The lowest BCUT2D eigenvalue weighted by molar-refractivity contribution is -0.119. The summed E-state index contributed by atoms with van der Waals surface area (Å²) in [6.07, 6.45) is 1.74. The highest BCUT2D eigenvalue weighted by atomic mass is 79.9. The van der Waals surface area contributed by atoms with Gasteiger partial charge in [-0.3, -0.25) is 9.78 Å². The summed E-state index contributed by atoms with van der Waals surface area (Å²) in [5.74, 6) is 0.676. The fraction of sp³-hybridized carbons (Fsp3) is 0.148. The van der Waals surface area contributed by atoms with Gasteiger partial charge in [0.05, 0.1) is 11.7 Å². The zero-order valence-corrected chi connectivity index (χ0v) is 22.1. The summed E-state index contributed by atoms with van der Waals surface area (Å²) in [5.41, 5.74) is 3.00. The molecule has 188 valence electrons. The lowest BCUT2D eigenvalue weighted by Gasteiger charge is -2.26. The third-order valence-electron chi connectivity index (χ3n) is 5.92. The van der Waals surface area contributed by atoms with Crippen molar-refractivity contribution in [3.05, 3.63) is 101 Å². The number of amides is 1. The standard InChI is InChI=1S/C27H22BrFN4O3S/c1-35-15-24(34)31-17-6-8-18(9-7-17)33-26(25(32-27(33)37)21-4-2-3-13-30-21)23-12-11-22(36-23)19-10-5-16(29)14-20(19)28/h2-14,25-26H,15H2,1H3,(H,31,34)(H,32,37). The molecule has 0 spiro atoms. The Kier molecular flexibility index (Phi) is 7.31. The average molecular weight is 581 g/mol. The van der Waals surface area contributed by atoms with Crippen molar-refractivity contribution >= 4 is 50.5 Å². The molecule has 0 aliphatic carbocycles. The Morgan fingerprint density at radius 1 is 1.19 bits per heavy atom. The van der Waals surface area contributed by atoms with Gasteiger partial charge in [-0.2, -0.15) is 0 Å². The maximum absolute atomic E-state index is 13.6. The number of aromatic nitrogens is 1. The molecule has 5 rings (SSSR count). The fourth-order valence-corrected chi connectivity index (χ4v) is 5.19. The topological polar surface area (TPSA) is 79.6 Å². The number of nitrogens with zero attached hydrogens (tertiary/aromatic N) is 2. The number of anilines is 2. The number of furan rings is 1. The van der Waals surface area contributed by atoms with Crippen LogP contribution in [-0.4, -0.2) is 29.7 Å². The van der Waals surface area contributed by atoms with Crippen LogP contribution in [0.3, 0.4) is 0 Å². The Morgan fingerprint density at radius 2 is 2.00 bits per heavy atom. The van der Waals surface area contributed by atoms with Gasteiger partial charge in [0, 0.05) is 34.7 Å². The first kappa shape index (κ1) is 25.1. The first-order valence-corrected chi connectivity index (χ1v) is 12.6. The molecule has 4 aromatic rings. The lowest BCUT2D eigenvalue weighted by atomic mass is 10.0. The molecule has 0 bridgehead atoms. The minimum Gasteiger partial charge on any atom is -0.459 e. The molecule has 1 saturated heterocycles. The molecule has 0 radical (unpaired) electrons. The second-order valence-electron chi connectivity index (χ2n) is 8.35. The molecule has 2 N–H and O–H groups in total. The van der Waals surface area contributed by atoms with E-state index in [4.69, 9.17) is 21.4 Å². The van der Waals surface area contributed by atoms with Gasteiger partial charge in [-0.15, -0.1) is 0 Å². The molecule has 3 heterocycles. The molecule has 1 aliphatic heterocycles. The Labute approximate surface area is 226 Å². The van der Waals surface area contributed by atoms with Gasteiger partial charge in [0.2, 0.25) is 5.91 Å². The van der Waals surface area contributed by atoms with Crippen molar-refractivity contribution in [1.29, 1.82) is 0 Å². The zero-order valence-electron chi connectivity index (χ0n) is 19.7. The van der Waals surface area contributed by atoms with E-state index in [2.05, 4.69) is 31.5 Å². The lowest BCUT2D eigenvalue weighted by Crippen LogP contribution is -2.29. The number of benzene rings is 2. The quantitative estimate of drug-likeness (QED) is 0.259. The van der Waals surface area contributed by atoms with E-state index in [1.807, 2.05) is 47.4 Å². The van der Waals surface area contributed by atoms with Crippen LogP contribution in [0.2, 0.25) is 0 Å². The molecule has 2 aromatic heterocycles. The van der Waals surface area contributed by atoms with Gasteiger partial charge in [0.1, 0.15) is 30.0 Å². The van der Waals surface area contributed by atoms with E-state index in [-0.39, 0.29) is 30.4 Å². The highest BCUT2D eigenvalue weighted by molar-refractivity contribution is 9.10. The van der Waals surface area contributed by atoms with Crippen LogP contribution in [0.15, 0.2) is 87.9 Å². The number of nitrogens with one attached hydrogen (secondary N) is 2. The van der Waals surface area contributed by atoms with Crippen LogP contribution in [0.25, 0.3) is 11.3 Å². The second kappa shape index (κ2) is 10.8.